The van der Waals surface area contributed by atoms with Crippen molar-refractivity contribution in [3.05, 3.63) is 5.82 Å². The molecular formula is C13H25N5. The molecule has 3 atom stereocenters. The molecule has 1 aromatic rings. The number of hydrogen-bond donors (Lipinski definition) is 1. The van der Waals surface area contributed by atoms with Gasteiger partial charge in [0.1, 0.15) is 0 Å². The SMILES string of the molecule is CCNC(C)c1nnnn1CC1CCCCC1C. The highest BCUT2D eigenvalue weighted by molar-refractivity contribution is 4.90. The van der Waals surface area contributed by atoms with Crippen molar-refractivity contribution in [3.8, 4) is 0 Å². The van der Waals surface area contributed by atoms with E-state index in [0.29, 0.717) is 0 Å². The predicted molar refractivity (Wildman–Crippen MR) is 71.0 cm³/mol. The van der Waals surface area contributed by atoms with E-state index in [0.717, 1.165) is 30.7 Å². The zero-order chi connectivity index (χ0) is 13.0. The van der Waals surface area contributed by atoms with Crippen molar-refractivity contribution in [2.75, 3.05) is 6.54 Å². The number of tetrazole rings is 1. The van der Waals surface area contributed by atoms with E-state index in [4.69, 9.17) is 0 Å². The van der Waals surface area contributed by atoms with Crippen LogP contribution in [0.1, 0.15) is 58.3 Å². The van der Waals surface area contributed by atoms with Gasteiger partial charge >= 0.3 is 0 Å². The molecule has 0 aromatic carbocycles. The zero-order valence-corrected chi connectivity index (χ0v) is 11.8. The lowest BCUT2D eigenvalue weighted by Gasteiger charge is -2.28. The van der Waals surface area contributed by atoms with Crippen LogP contribution in [-0.4, -0.2) is 26.8 Å². The Labute approximate surface area is 109 Å². The third kappa shape index (κ3) is 3.07. The summed E-state index contributed by atoms with van der Waals surface area (Å²) in [5.41, 5.74) is 0. The lowest BCUT2D eigenvalue weighted by molar-refractivity contribution is 0.217. The van der Waals surface area contributed by atoms with Gasteiger partial charge in [-0.25, -0.2) is 4.68 Å². The molecule has 5 heteroatoms. The minimum atomic E-state index is 0.226. The van der Waals surface area contributed by atoms with Gasteiger partial charge in [-0.1, -0.05) is 33.1 Å². The Morgan fingerprint density at radius 2 is 2.17 bits per heavy atom. The molecule has 1 heterocycles. The first-order chi connectivity index (χ1) is 8.72. The number of nitrogens with one attached hydrogen (secondary N) is 1. The van der Waals surface area contributed by atoms with E-state index in [1.165, 1.54) is 25.7 Å². The van der Waals surface area contributed by atoms with Crippen LogP contribution < -0.4 is 5.32 Å². The third-order valence-electron chi connectivity index (χ3n) is 4.15. The second kappa shape index (κ2) is 6.27. The van der Waals surface area contributed by atoms with Crippen molar-refractivity contribution in [2.45, 2.75) is 59.0 Å². The summed E-state index contributed by atoms with van der Waals surface area (Å²) in [5.74, 6) is 2.50. The molecule has 0 radical (unpaired) electrons. The van der Waals surface area contributed by atoms with Crippen molar-refractivity contribution < 1.29 is 0 Å². The van der Waals surface area contributed by atoms with Crippen molar-refractivity contribution in [3.63, 3.8) is 0 Å². The molecule has 1 saturated carbocycles. The summed E-state index contributed by atoms with van der Waals surface area (Å²) < 4.78 is 2.00. The summed E-state index contributed by atoms with van der Waals surface area (Å²) >= 11 is 0. The first-order valence-electron chi connectivity index (χ1n) is 7.21. The Kier molecular flexibility index (Phi) is 4.69. The van der Waals surface area contributed by atoms with Crippen LogP contribution in [0.2, 0.25) is 0 Å². The lowest BCUT2D eigenvalue weighted by atomic mass is 9.80. The molecule has 5 nitrogen and oxygen atoms in total. The summed E-state index contributed by atoms with van der Waals surface area (Å²) in [6.45, 7) is 8.50. The van der Waals surface area contributed by atoms with Crippen LogP contribution in [0.5, 0.6) is 0 Å². The summed E-state index contributed by atoms with van der Waals surface area (Å²) in [7, 11) is 0. The van der Waals surface area contributed by atoms with Crippen LogP contribution in [0.15, 0.2) is 0 Å². The van der Waals surface area contributed by atoms with Gasteiger partial charge in [0, 0.05) is 6.54 Å². The van der Waals surface area contributed by atoms with Gasteiger partial charge in [0.25, 0.3) is 0 Å². The first kappa shape index (κ1) is 13.5. The molecule has 1 N–H and O–H groups in total. The maximum Gasteiger partial charge on any atom is 0.167 e. The van der Waals surface area contributed by atoms with Crippen molar-refractivity contribution >= 4 is 0 Å². The fourth-order valence-corrected chi connectivity index (χ4v) is 2.94. The van der Waals surface area contributed by atoms with Gasteiger partial charge in [-0.2, -0.15) is 0 Å². The molecule has 3 unspecified atom stereocenters. The van der Waals surface area contributed by atoms with E-state index in [9.17, 15) is 0 Å². The molecule has 0 spiro atoms. The fourth-order valence-electron chi connectivity index (χ4n) is 2.94. The van der Waals surface area contributed by atoms with Crippen LogP contribution in [0.4, 0.5) is 0 Å². The Hall–Kier alpha value is -0.970. The van der Waals surface area contributed by atoms with Gasteiger partial charge in [-0.15, -0.1) is 5.10 Å². The molecule has 1 aliphatic carbocycles. The molecule has 0 amide bonds. The average molecular weight is 251 g/mol. The number of hydrogen-bond acceptors (Lipinski definition) is 4. The maximum atomic E-state index is 4.16. The van der Waals surface area contributed by atoms with Crippen molar-refractivity contribution in [2.24, 2.45) is 11.8 Å². The number of aromatic nitrogens is 4. The Balaban J connectivity index is 2.02. The predicted octanol–water partition coefficient (Wildman–Crippen LogP) is 2.17. The minimum absolute atomic E-state index is 0.226. The van der Waals surface area contributed by atoms with Gasteiger partial charge in [-0.3, -0.25) is 0 Å². The smallest absolute Gasteiger partial charge is 0.167 e. The van der Waals surface area contributed by atoms with Gasteiger partial charge in [0.05, 0.1) is 6.04 Å². The third-order valence-corrected chi connectivity index (χ3v) is 4.15. The lowest BCUT2D eigenvalue weighted by Crippen LogP contribution is -2.27. The van der Waals surface area contributed by atoms with Gasteiger partial charge in [0.15, 0.2) is 5.82 Å². The van der Waals surface area contributed by atoms with Crippen LogP contribution in [0, 0.1) is 11.8 Å². The minimum Gasteiger partial charge on any atom is -0.308 e. The highest BCUT2D eigenvalue weighted by Crippen LogP contribution is 2.30. The molecular weight excluding hydrogens is 226 g/mol. The van der Waals surface area contributed by atoms with E-state index in [2.05, 4.69) is 41.6 Å². The van der Waals surface area contributed by atoms with Crippen LogP contribution in [-0.2, 0) is 6.54 Å². The number of rotatable bonds is 5. The van der Waals surface area contributed by atoms with E-state index in [1.54, 1.807) is 0 Å². The average Bonchev–Trinajstić information content (AvgIpc) is 2.81. The Morgan fingerprint density at radius 1 is 1.39 bits per heavy atom. The highest BCUT2D eigenvalue weighted by atomic mass is 15.5. The second-order valence-electron chi connectivity index (χ2n) is 5.52. The molecule has 1 aliphatic rings. The van der Waals surface area contributed by atoms with Crippen molar-refractivity contribution in [1.29, 1.82) is 0 Å². The summed E-state index contributed by atoms with van der Waals surface area (Å²) in [6, 6.07) is 0.226. The van der Waals surface area contributed by atoms with Gasteiger partial charge in [0.2, 0.25) is 0 Å². The zero-order valence-electron chi connectivity index (χ0n) is 11.8. The molecule has 18 heavy (non-hydrogen) atoms. The van der Waals surface area contributed by atoms with Crippen LogP contribution >= 0.6 is 0 Å². The first-order valence-corrected chi connectivity index (χ1v) is 7.21. The Morgan fingerprint density at radius 3 is 2.89 bits per heavy atom. The quantitative estimate of drug-likeness (QED) is 0.871. The second-order valence-corrected chi connectivity index (χ2v) is 5.52. The topological polar surface area (TPSA) is 55.6 Å². The molecule has 0 bridgehead atoms. The Bertz CT molecular complexity index is 362. The summed E-state index contributed by atoms with van der Waals surface area (Å²) in [5, 5.41) is 15.5. The standard InChI is InChI=1S/C13H25N5/c1-4-14-11(3)13-15-16-17-18(13)9-12-8-6-5-7-10(12)2/h10-12,14H,4-9H2,1-3H3. The highest BCUT2D eigenvalue weighted by Gasteiger charge is 2.24. The summed E-state index contributed by atoms with van der Waals surface area (Å²) in [4.78, 5) is 0. The van der Waals surface area contributed by atoms with Crippen LogP contribution in [0.3, 0.4) is 0 Å². The molecule has 2 rings (SSSR count). The fraction of sp³-hybridized carbons (Fsp3) is 0.923. The number of nitrogens with zero attached hydrogens (tertiary/aromatic N) is 4. The van der Waals surface area contributed by atoms with Crippen molar-refractivity contribution in [1.82, 2.24) is 25.5 Å². The van der Waals surface area contributed by atoms with Gasteiger partial charge in [-0.05, 0) is 42.2 Å². The monoisotopic (exact) mass is 251 g/mol. The normalized spacial score (nSPS) is 26.2. The molecule has 1 aromatic heterocycles. The molecule has 102 valence electrons. The largest absolute Gasteiger partial charge is 0.308 e. The maximum absolute atomic E-state index is 4.16. The summed E-state index contributed by atoms with van der Waals surface area (Å²) in [6.07, 6.45) is 5.41. The van der Waals surface area contributed by atoms with E-state index in [-0.39, 0.29) is 6.04 Å². The van der Waals surface area contributed by atoms with Crippen LogP contribution in [0.25, 0.3) is 0 Å². The van der Waals surface area contributed by atoms with E-state index >= 15 is 0 Å². The molecule has 0 saturated heterocycles. The molecule has 1 fully saturated rings. The van der Waals surface area contributed by atoms with E-state index < -0.39 is 0 Å². The van der Waals surface area contributed by atoms with Gasteiger partial charge < -0.3 is 5.32 Å². The van der Waals surface area contributed by atoms with E-state index in [1.807, 2.05) is 4.68 Å². The molecule has 0 aliphatic heterocycles.